The summed E-state index contributed by atoms with van der Waals surface area (Å²) in [5.41, 5.74) is 0.941. The zero-order valence-electron chi connectivity index (χ0n) is 10.3. The third-order valence-corrected chi connectivity index (χ3v) is 2.36. The number of nitrogens with one attached hydrogen (secondary N) is 1. The molecule has 0 aliphatic heterocycles. The fraction of sp³-hybridized carbons (Fsp3) is 0.250. The van der Waals surface area contributed by atoms with E-state index in [0.29, 0.717) is 6.54 Å². The zero-order chi connectivity index (χ0) is 14.6. The molecule has 0 saturated heterocycles. The van der Waals surface area contributed by atoms with Crippen LogP contribution in [0, 0.1) is 0 Å². The standard InChI is InChI=1S/C12H11F3N4O/c13-12(14,15)7-11(20)17-10-3-6-19(18-10)8-9-1-4-16-5-2-9/h1-6H,7-8H2,(H,17,18,20). The molecule has 0 fully saturated rings. The molecular formula is C12H11F3N4O. The van der Waals surface area contributed by atoms with E-state index in [4.69, 9.17) is 0 Å². The molecule has 2 aromatic heterocycles. The minimum Gasteiger partial charge on any atom is -0.309 e. The van der Waals surface area contributed by atoms with Crippen LogP contribution in [0.1, 0.15) is 12.0 Å². The second kappa shape index (κ2) is 5.72. The van der Waals surface area contributed by atoms with E-state index < -0.39 is 18.5 Å². The van der Waals surface area contributed by atoms with Crippen molar-refractivity contribution in [1.82, 2.24) is 14.8 Å². The van der Waals surface area contributed by atoms with Crippen molar-refractivity contribution < 1.29 is 18.0 Å². The molecule has 0 spiro atoms. The van der Waals surface area contributed by atoms with Crippen LogP contribution in [0.15, 0.2) is 36.8 Å². The van der Waals surface area contributed by atoms with Gasteiger partial charge in [0, 0.05) is 24.7 Å². The lowest BCUT2D eigenvalue weighted by atomic mass is 10.3. The van der Waals surface area contributed by atoms with Gasteiger partial charge < -0.3 is 5.32 Å². The Kier molecular flexibility index (Phi) is 4.02. The SMILES string of the molecule is O=C(CC(F)(F)F)Nc1ccn(Cc2ccncc2)n1. The van der Waals surface area contributed by atoms with Crippen molar-refractivity contribution in [3.63, 3.8) is 0 Å². The largest absolute Gasteiger partial charge is 0.397 e. The molecule has 2 heterocycles. The molecule has 5 nitrogen and oxygen atoms in total. The van der Waals surface area contributed by atoms with Crippen LogP contribution in [0.4, 0.5) is 19.0 Å². The first-order chi connectivity index (χ1) is 9.42. The molecule has 0 saturated carbocycles. The Morgan fingerprint density at radius 1 is 1.25 bits per heavy atom. The monoisotopic (exact) mass is 284 g/mol. The zero-order valence-corrected chi connectivity index (χ0v) is 10.3. The summed E-state index contributed by atoms with van der Waals surface area (Å²) in [7, 11) is 0. The first-order valence-electron chi connectivity index (χ1n) is 5.71. The number of amides is 1. The Labute approximate surface area is 112 Å². The van der Waals surface area contributed by atoms with Crippen LogP contribution in [0.5, 0.6) is 0 Å². The highest BCUT2D eigenvalue weighted by Gasteiger charge is 2.31. The molecule has 0 aliphatic rings. The number of halogens is 3. The van der Waals surface area contributed by atoms with Crippen LogP contribution in [-0.2, 0) is 11.3 Å². The number of aromatic nitrogens is 3. The summed E-state index contributed by atoms with van der Waals surface area (Å²) in [6.45, 7) is 0.442. The predicted molar refractivity (Wildman–Crippen MR) is 64.9 cm³/mol. The molecule has 2 aromatic rings. The first-order valence-corrected chi connectivity index (χ1v) is 5.71. The van der Waals surface area contributed by atoms with Gasteiger partial charge in [-0.15, -0.1) is 0 Å². The van der Waals surface area contributed by atoms with Crippen molar-refractivity contribution in [2.45, 2.75) is 19.1 Å². The number of carbonyl (C=O) groups excluding carboxylic acids is 1. The van der Waals surface area contributed by atoms with Crippen LogP contribution >= 0.6 is 0 Å². The van der Waals surface area contributed by atoms with Gasteiger partial charge in [-0.1, -0.05) is 0 Å². The minimum atomic E-state index is -4.52. The summed E-state index contributed by atoms with van der Waals surface area (Å²) in [5.74, 6) is -1.04. The third kappa shape index (κ3) is 4.38. The van der Waals surface area contributed by atoms with Gasteiger partial charge in [0.25, 0.3) is 0 Å². The summed E-state index contributed by atoms with van der Waals surface area (Å²) < 4.78 is 37.5. The van der Waals surface area contributed by atoms with Gasteiger partial charge >= 0.3 is 6.18 Å². The van der Waals surface area contributed by atoms with E-state index in [-0.39, 0.29) is 5.82 Å². The molecular weight excluding hydrogens is 273 g/mol. The normalized spacial score (nSPS) is 11.3. The first kappa shape index (κ1) is 14.0. The summed E-state index contributed by atoms with van der Waals surface area (Å²) in [5, 5.41) is 6.07. The molecule has 0 bridgehead atoms. The van der Waals surface area contributed by atoms with Gasteiger partial charge in [0.05, 0.1) is 6.54 Å². The number of hydrogen-bond acceptors (Lipinski definition) is 3. The highest BCUT2D eigenvalue weighted by Crippen LogP contribution is 2.20. The van der Waals surface area contributed by atoms with E-state index >= 15 is 0 Å². The van der Waals surface area contributed by atoms with Gasteiger partial charge in [-0.05, 0) is 17.7 Å². The lowest BCUT2D eigenvalue weighted by Gasteiger charge is -2.05. The summed E-state index contributed by atoms with van der Waals surface area (Å²) in [6.07, 6.45) is -1.22. The smallest absolute Gasteiger partial charge is 0.309 e. The molecule has 2 rings (SSSR count). The maximum atomic E-state index is 12.0. The van der Waals surface area contributed by atoms with Gasteiger partial charge in [0.1, 0.15) is 6.42 Å². The lowest BCUT2D eigenvalue weighted by molar-refractivity contribution is -0.150. The van der Waals surface area contributed by atoms with Gasteiger partial charge in [0.15, 0.2) is 5.82 Å². The molecule has 0 unspecified atom stereocenters. The minimum absolute atomic E-state index is 0.0910. The molecule has 106 valence electrons. The number of carbonyl (C=O) groups is 1. The Morgan fingerprint density at radius 2 is 1.95 bits per heavy atom. The molecule has 1 amide bonds. The van der Waals surface area contributed by atoms with Crippen LogP contribution in [0.25, 0.3) is 0 Å². The maximum absolute atomic E-state index is 12.0. The topological polar surface area (TPSA) is 59.8 Å². The summed E-state index contributed by atoms with van der Waals surface area (Å²) in [6, 6.07) is 5.03. The maximum Gasteiger partial charge on any atom is 0.397 e. The Balaban J connectivity index is 1.94. The van der Waals surface area contributed by atoms with E-state index in [0.717, 1.165) is 5.56 Å². The highest BCUT2D eigenvalue weighted by molar-refractivity contribution is 5.90. The van der Waals surface area contributed by atoms with Crippen LogP contribution in [0.3, 0.4) is 0 Å². The average Bonchev–Trinajstić information content (AvgIpc) is 2.75. The molecule has 8 heteroatoms. The number of rotatable bonds is 4. The van der Waals surface area contributed by atoms with Gasteiger partial charge in [0.2, 0.25) is 5.91 Å². The number of hydrogen-bond donors (Lipinski definition) is 1. The van der Waals surface area contributed by atoms with E-state index in [2.05, 4.69) is 15.4 Å². The quantitative estimate of drug-likeness (QED) is 0.936. The van der Waals surface area contributed by atoms with E-state index in [1.165, 1.54) is 10.7 Å². The fourth-order valence-electron chi connectivity index (χ4n) is 1.56. The third-order valence-electron chi connectivity index (χ3n) is 2.36. The molecule has 20 heavy (non-hydrogen) atoms. The summed E-state index contributed by atoms with van der Waals surface area (Å²) >= 11 is 0. The molecule has 0 aromatic carbocycles. The fourth-order valence-corrected chi connectivity index (χ4v) is 1.56. The van der Waals surface area contributed by atoms with Crippen molar-refractivity contribution in [2.75, 3.05) is 5.32 Å². The predicted octanol–water partition coefficient (Wildman–Crippen LogP) is 2.22. The number of nitrogens with zero attached hydrogens (tertiary/aromatic N) is 3. The van der Waals surface area contributed by atoms with Crippen molar-refractivity contribution in [2.24, 2.45) is 0 Å². The van der Waals surface area contributed by atoms with Crippen LogP contribution < -0.4 is 5.32 Å². The van der Waals surface area contributed by atoms with E-state index in [1.54, 1.807) is 30.7 Å². The average molecular weight is 284 g/mol. The highest BCUT2D eigenvalue weighted by atomic mass is 19.4. The van der Waals surface area contributed by atoms with Gasteiger partial charge in [-0.25, -0.2) is 0 Å². The van der Waals surface area contributed by atoms with Gasteiger partial charge in [-0.3, -0.25) is 14.5 Å². The molecule has 0 aliphatic carbocycles. The number of pyridine rings is 1. The Morgan fingerprint density at radius 3 is 2.60 bits per heavy atom. The van der Waals surface area contributed by atoms with Crippen LogP contribution in [0.2, 0.25) is 0 Å². The van der Waals surface area contributed by atoms with Crippen molar-refractivity contribution in [3.8, 4) is 0 Å². The molecule has 0 atom stereocenters. The second-order valence-electron chi connectivity index (χ2n) is 4.09. The molecule has 1 N–H and O–H groups in total. The van der Waals surface area contributed by atoms with Crippen LogP contribution in [-0.4, -0.2) is 26.8 Å². The van der Waals surface area contributed by atoms with Crippen molar-refractivity contribution in [3.05, 3.63) is 42.4 Å². The Bertz CT molecular complexity index is 580. The molecule has 0 radical (unpaired) electrons. The lowest BCUT2D eigenvalue weighted by Crippen LogP contribution is -2.21. The van der Waals surface area contributed by atoms with Crippen molar-refractivity contribution >= 4 is 11.7 Å². The number of alkyl halides is 3. The van der Waals surface area contributed by atoms with Crippen molar-refractivity contribution in [1.29, 1.82) is 0 Å². The van der Waals surface area contributed by atoms with Gasteiger partial charge in [-0.2, -0.15) is 18.3 Å². The second-order valence-corrected chi connectivity index (χ2v) is 4.09. The summed E-state index contributed by atoms with van der Waals surface area (Å²) in [4.78, 5) is 15.0. The van der Waals surface area contributed by atoms with E-state index in [9.17, 15) is 18.0 Å². The number of anilines is 1. The van der Waals surface area contributed by atoms with E-state index in [1.807, 2.05) is 0 Å². The Hall–Kier alpha value is -2.38.